The molecule has 1 fully saturated rings. The largest absolute Gasteiger partial charge is 0.494 e. The predicted octanol–water partition coefficient (Wildman–Crippen LogP) is 3.04. The first-order valence-corrected chi connectivity index (χ1v) is 11.4. The monoisotopic (exact) mass is 408 g/mol. The molecule has 0 saturated carbocycles. The second-order valence-electron chi connectivity index (χ2n) is 6.53. The van der Waals surface area contributed by atoms with E-state index in [2.05, 4.69) is 4.72 Å². The van der Waals surface area contributed by atoms with Crippen LogP contribution >= 0.6 is 11.3 Å². The van der Waals surface area contributed by atoms with Crippen molar-refractivity contribution in [2.45, 2.75) is 36.9 Å². The second kappa shape index (κ2) is 8.41. The van der Waals surface area contributed by atoms with Gasteiger partial charge in [-0.1, -0.05) is 6.07 Å². The van der Waals surface area contributed by atoms with Crippen molar-refractivity contribution >= 4 is 27.3 Å². The van der Waals surface area contributed by atoms with Crippen LogP contribution in [0.5, 0.6) is 5.75 Å². The Balaban J connectivity index is 1.59. The SMILES string of the molecule is CCOc1ccc(C(=O)N2CCC(NS(=O)(=O)c3cccs3)CC2)cc1C. The van der Waals surface area contributed by atoms with E-state index in [1.54, 1.807) is 28.5 Å². The number of sulfonamides is 1. The van der Waals surface area contributed by atoms with E-state index in [4.69, 9.17) is 4.74 Å². The van der Waals surface area contributed by atoms with E-state index < -0.39 is 10.0 Å². The molecule has 0 atom stereocenters. The minimum atomic E-state index is -3.47. The molecule has 1 amide bonds. The van der Waals surface area contributed by atoms with Gasteiger partial charge in [-0.15, -0.1) is 11.3 Å². The van der Waals surface area contributed by atoms with Crippen LogP contribution < -0.4 is 9.46 Å². The molecule has 0 spiro atoms. The summed E-state index contributed by atoms with van der Waals surface area (Å²) < 4.78 is 33.3. The molecule has 0 aliphatic carbocycles. The number of nitrogens with zero attached hydrogens (tertiary/aromatic N) is 1. The van der Waals surface area contributed by atoms with Crippen LogP contribution in [0.3, 0.4) is 0 Å². The number of hydrogen-bond acceptors (Lipinski definition) is 5. The number of hydrogen-bond donors (Lipinski definition) is 1. The fourth-order valence-electron chi connectivity index (χ4n) is 3.18. The van der Waals surface area contributed by atoms with Gasteiger partial charge in [-0.05, 0) is 61.9 Å². The molecule has 1 aromatic carbocycles. The first kappa shape index (κ1) is 19.9. The van der Waals surface area contributed by atoms with Crippen molar-refractivity contribution in [3.8, 4) is 5.75 Å². The average molecular weight is 409 g/mol. The minimum Gasteiger partial charge on any atom is -0.494 e. The van der Waals surface area contributed by atoms with Crippen molar-refractivity contribution in [2.75, 3.05) is 19.7 Å². The van der Waals surface area contributed by atoms with Gasteiger partial charge >= 0.3 is 0 Å². The highest BCUT2D eigenvalue weighted by Crippen LogP contribution is 2.22. The molecular formula is C19H24N2O4S2. The number of likely N-dealkylation sites (tertiary alicyclic amines) is 1. The van der Waals surface area contributed by atoms with Gasteiger partial charge in [-0.2, -0.15) is 0 Å². The van der Waals surface area contributed by atoms with Gasteiger partial charge in [0.15, 0.2) is 0 Å². The molecule has 0 unspecified atom stereocenters. The zero-order valence-corrected chi connectivity index (χ0v) is 17.1. The topological polar surface area (TPSA) is 75.7 Å². The quantitative estimate of drug-likeness (QED) is 0.797. The molecule has 1 aliphatic rings. The lowest BCUT2D eigenvalue weighted by atomic mass is 10.0. The molecular weight excluding hydrogens is 384 g/mol. The number of piperidine rings is 1. The summed E-state index contributed by atoms with van der Waals surface area (Å²) in [4.78, 5) is 14.5. The Morgan fingerprint density at radius 3 is 2.63 bits per heavy atom. The van der Waals surface area contributed by atoms with Gasteiger partial charge in [0, 0.05) is 24.7 Å². The number of benzene rings is 1. The summed E-state index contributed by atoms with van der Waals surface area (Å²) in [6, 6.07) is 8.63. The zero-order valence-electron chi connectivity index (χ0n) is 15.5. The Kier molecular flexibility index (Phi) is 6.18. The molecule has 1 saturated heterocycles. The van der Waals surface area contributed by atoms with Crippen LogP contribution in [0.25, 0.3) is 0 Å². The van der Waals surface area contributed by atoms with Gasteiger partial charge in [0.2, 0.25) is 10.0 Å². The van der Waals surface area contributed by atoms with Crippen molar-refractivity contribution in [1.29, 1.82) is 0 Å². The maximum absolute atomic E-state index is 12.7. The number of nitrogens with one attached hydrogen (secondary N) is 1. The zero-order chi connectivity index (χ0) is 19.4. The number of thiophene rings is 1. The lowest BCUT2D eigenvalue weighted by molar-refractivity contribution is 0.0711. The Bertz CT molecular complexity index is 886. The van der Waals surface area contributed by atoms with Crippen LogP contribution in [0, 0.1) is 6.92 Å². The van der Waals surface area contributed by atoms with Crippen molar-refractivity contribution in [3.63, 3.8) is 0 Å². The van der Waals surface area contributed by atoms with Gasteiger partial charge in [0.05, 0.1) is 6.61 Å². The molecule has 2 aromatic rings. The molecule has 8 heteroatoms. The van der Waals surface area contributed by atoms with E-state index in [0.29, 0.717) is 42.3 Å². The van der Waals surface area contributed by atoms with E-state index in [1.807, 2.05) is 26.0 Å². The molecule has 1 aliphatic heterocycles. The van der Waals surface area contributed by atoms with Gasteiger partial charge < -0.3 is 9.64 Å². The van der Waals surface area contributed by atoms with Crippen LogP contribution in [0.4, 0.5) is 0 Å². The molecule has 1 N–H and O–H groups in total. The lowest BCUT2D eigenvalue weighted by Gasteiger charge is -2.32. The molecule has 0 radical (unpaired) electrons. The predicted molar refractivity (Wildman–Crippen MR) is 106 cm³/mol. The van der Waals surface area contributed by atoms with Crippen LogP contribution in [0.1, 0.15) is 35.7 Å². The van der Waals surface area contributed by atoms with Crippen molar-refractivity contribution in [3.05, 3.63) is 46.8 Å². The van der Waals surface area contributed by atoms with Gasteiger partial charge in [0.25, 0.3) is 5.91 Å². The smallest absolute Gasteiger partial charge is 0.253 e. The third-order valence-corrected chi connectivity index (χ3v) is 7.50. The Labute approximate surface area is 164 Å². The number of carbonyl (C=O) groups is 1. The molecule has 27 heavy (non-hydrogen) atoms. The van der Waals surface area contributed by atoms with Gasteiger partial charge in [0.1, 0.15) is 9.96 Å². The Morgan fingerprint density at radius 1 is 1.30 bits per heavy atom. The molecule has 1 aromatic heterocycles. The highest BCUT2D eigenvalue weighted by Gasteiger charge is 2.27. The van der Waals surface area contributed by atoms with E-state index in [0.717, 1.165) is 11.3 Å². The summed E-state index contributed by atoms with van der Waals surface area (Å²) in [5.74, 6) is 0.761. The molecule has 2 heterocycles. The summed E-state index contributed by atoms with van der Waals surface area (Å²) in [6.07, 6.45) is 1.21. The number of rotatable bonds is 6. The Hall–Kier alpha value is -1.90. The lowest BCUT2D eigenvalue weighted by Crippen LogP contribution is -2.46. The Morgan fingerprint density at radius 2 is 2.04 bits per heavy atom. The van der Waals surface area contributed by atoms with E-state index >= 15 is 0 Å². The molecule has 6 nitrogen and oxygen atoms in total. The van der Waals surface area contributed by atoms with Crippen LogP contribution in [0.15, 0.2) is 39.9 Å². The van der Waals surface area contributed by atoms with Crippen LogP contribution in [0.2, 0.25) is 0 Å². The standard InChI is InChI=1S/C19H24N2O4S2/c1-3-25-17-7-6-15(13-14(17)2)19(22)21-10-8-16(9-11-21)20-27(23,24)18-5-4-12-26-18/h4-7,12-13,16,20H,3,8-11H2,1-2H3. The van der Waals surface area contributed by atoms with E-state index in [1.165, 1.54) is 11.3 Å². The molecule has 0 bridgehead atoms. The van der Waals surface area contributed by atoms with Gasteiger partial charge in [-0.3, -0.25) is 4.79 Å². The van der Waals surface area contributed by atoms with E-state index in [-0.39, 0.29) is 11.9 Å². The number of amides is 1. The summed E-state index contributed by atoms with van der Waals surface area (Å²) in [5.41, 5.74) is 1.56. The highest BCUT2D eigenvalue weighted by molar-refractivity contribution is 7.91. The normalized spacial score (nSPS) is 15.7. The molecule has 146 valence electrons. The molecule has 3 rings (SSSR count). The third kappa shape index (κ3) is 4.69. The fourth-order valence-corrected chi connectivity index (χ4v) is 5.49. The second-order valence-corrected chi connectivity index (χ2v) is 9.42. The van der Waals surface area contributed by atoms with Crippen molar-refractivity contribution in [1.82, 2.24) is 9.62 Å². The average Bonchev–Trinajstić information content (AvgIpc) is 3.19. The first-order valence-electron chi connectivity index (χ1n) is 8.99. The fraction of sp³-hybridized carbons (Fsp3) is 0.421. The highest BCUT2D eigenvalue weighted by atomic mass is 32.2. The minimum absolute atomic E-state index is 0.0271. The van der Waals surface area contributed by atoms with Crippen molar-refractivity contribution < 1.29 is 17.9 Å². The summed E-state index contributed by atoms with van der Waals surface area (Å²) in [7, 11) is -3.47. The number of carbonyl (C=O) groups excluding carboxylic acids is 1. The maximum atomic E-state index is 12.7. The summed E-state index contributed by atoms with van der Waals surface area (Å²) >= 11 is 1.20. The van der Waals surface area contributed by atoms with Crippen LogP contribution in [-0.4, -0.2) is 45.0 Å². The summed E-state index contributed by atoms with van der Waals surface area (Å²) in [5, 5.41) is 1.74. The van der Waals surface area contributed by atoms with Gasteiger partial charge in [-0.25, -0.2) is 13.1 Å². The number of aryl methyl sites for hydroxylation is 1. The summed E-state index contributed by atoms with van der Waals surface area (Å²) in [6.45, 7) is 5.50. The van der Waals surface area contributed by atoms with Crippen LogP contribution in [-0.2, 0) is 10.0 Å². The third-order valence-electron chi connectivity index (χ3n) is 4.59. The number of ether oxygens (including phenoxy) is 1. The van der Waals surface area contributed by atoms with E-state index in [9.17, 15) is 13.2 Å². The van der Waals surface area contributed by atoms with Crippen molar-refractivity contribution in [2.24, 2.45) is 0 Å². The first-order chi connectivity index (χ1) is 12.9. The maximum Gasteiger partial charge on any atom is 0.253 e.